The Morgan fingerprint density at radius 3 is 2.65 bits per heavy atom. The van der Waals surface area contributed by atoms with E-state index in [4.69, 9.17) is 23.2 Å². The first-order valence-corrected chi connectivity index (χ1v) is 9.44. The number of benzene rings is 2. The Hall–Kier alpha value is -1.82. The average Bonchev–Trinajstić information content (AvgIpc) is 2.92. The van der Waals surface area contributed by atoms with Crippen LogP contribution in [0.1, 0.15) is 27.0 Å². The molecule has 4 nitrogen and oxygen atoms in total. The minimum absolute atomic E-state index is 0.188. The van der Waals surface area contributed by atoms with Gasteiger partial charge >= 0.3 is 0 Å². The molecule has 0 aliphatic carbocycles. The number of hydrogen-bond donors (Lipinski definition) is 1. The summed E-state index contributed by atoms with van der Waals surface area (Å²) in [5.41, 5.74) is 3.54. The van der Waals surface area contributed by atoms with E-state index in [0.717, 1.165) is 16.7 Å². The van der Waals surface area contributed by atoms with Gasteiger partial charge in [0.25, 0.3) is 5.91 Å². The van der Waals surface area contributed by atoms with Gasteiger partial charge in [-0.2, -0.15) is 5.10 Å². The molecule has 0 aliphatic rings. The van der Waals surface area contributed by atoms with E-state index in [1.807, 2.05) is 38.1 Å². The topological polar surface area (TPSA) is 46.9 Å². The molecule has 134 valence electrons. The summed E-state index contributed by atoms with van der Waals surface area (Å²) >= 11 is 15.4. The van der Waals surface area contributed by atoms with Gasteiger partial charge in [-0.1, -0.05) is 47.0 Å². The molecule has 1 aromatic heterocycles. The van der Waals surface area contributed by atoms with Crippen LogP contribution in [-0.2, 0) is 6.54 Å². The number of halogens is 3. The molecule has 7 heteroatoms. The molecule has 1 heterocycles. The van der Waals surface area contributed by atoms with Gasteiger partial charge in [0, 0.05) is 11.8 Å². The maximum Gasteiger partial charge on any atom is 0.257 e. The van der Waals surface area contributed by atoms with Crippen LogP contribution in [0.2, 0.25) is 10.0 Å². The summed E-state index contributed by atoms with van der Waals surface area (Å²) in [4.78, 5) is 12.6. The number of nitrogens with one attached hydrogen (secondary N) is 1. The second-order valence-corrected chi connectivity index (χ2v) is 7.71. The lowest BCUT2D eigenvalue weighted by Gasteiger charge is -2.07. The van der Waals surface area contributed by atoms with Gasteiger partial charge in [-0.3, -0.25) is 9.48 Å². The van der Waals surface area contributed by atoms with Gasteiger partial charge in [-0.25, -0.2) is 0 Å². The zero-order valence-corrected chi connectivity index (χ0v) is 17.3. The third-order valence-corrected chi connectivity index (χ3v) is 5.23. The number of aryl methyl sites for hydroxylation is 2. The first-order chi connectivity index (χ1) is 12.3. The molecular weight excluding hydrogens is 437 g/mol. The molecule has 3 rings (SSSR count). The van der Waals surface area contributed by atoms with E-state index in [9.17, 15) is 4.79 Å². The lowest BCUT2D eigenvalue weighted by Crippen LogP contribution is -2.14. The predicted molar refractivity (Wildman–Crippen MR) is 109 cm³/mol. The highest BCUT2D eigenvalue weighted by Crippen LogP contribution is 2.25. The van der Waals surface area contributed by atoms with Crippen molar-refractivity contribution in [2.45, 2.75) is 20.4 Å². The third kappa shape index (κ3) is 4.29. The molecule has 1 amide bonds. The fourth-order valence-corrected chi connectivity index (χ4v) is 3.28. The second kappa shape index (κ2) is 7.82. The van der Waals surface area contributed by atoms with Crippen molar-refractivity contribution in [1.82, 2.24) is 9.78 Å². The highest BCUT2D eigenvalue weighted by molar-refractivity contribution is 9.10. The Kier molecular flexibility index (Phi) is 5.70. The van der Waals surface area contributed by atoms with Crippen LogP contribution in [0.5, 0.6) is 0 Å². The van der Waals surface area contributed by atoms with Crippen molar-refractivity contribution >= 4 is 50.9 Å². The highest BCUT2D eigenvalue weighted by Gasteiger charge is 2.14. The van der Waals surface area contributed by atoms with E-state index < -0.39 is 0 Å². The quantitative estimate of drug-likeness (QED) is 0.538. The summed E-state index contributed by atoms with van der Waals surface area (Å²) in [6.07, 6.45) is 1.81. The molecular formula is C19H16BrCl2N3O. The smallest absolute Gasteiger partial charge is 0.257 e. The summed E-state index contributed by atoms with van der Waals surface area (Å²) in [6.45, 7) is 4.37. The van der Waals surface area contributed by atoms with Crippen molar-refractivity contribution in [1.29, 1.82) is 0 Å². The molecule has 0 spiro atoms. The molecule has 0 unspecified atom stereocenters. The van der Waals surface area contributed by atoms with Crippen LogP contribution in [0.25, 0.3) is 0 Å². The maximum atomic E-state index is 12.6. The van der Waals surface area contributed by atoms with Crippen molar-refractivity contribution in [3.05, 3.63) is 79.4 Å². The molecule has 26 heavy (non-hydrogen) atoms. The normalized spacial score (nSPS) is 10.8. The zero-order chi connectivity index (χ0) is 18.8. The molecule has 0 saturated carbocycles. The van der Waals surface area contributed by atoms with Crippen LogP contribution >= 0.6 is 39.1 Å². The first-order valence-electron chi connectivity index (χ1n) is 7.89. The Bertz CT molecular complexity index is 985. The number of anilines is 1. The molecule has 2 aromatic carbocycles. The van der Waals surface area contributed by atoms with Crippen molar-refractivity contribution in [3.63, 3.8) is 0 Å². The summed E-state index contributed by atoms with van der Waals surface area (Å²) in [6, 6.07) is 11.2. The standard InChI is InChI=1S/C19H16BrCl2N3O/c1-11-3-4-12(2)14(7-11)19(26)23-18-15(20)10-25(24-18)9-13-5-6-16(21)17(22)8-13/h3-8,10H,9H2,1-2H3,(H,23,24,26). The molecule has 0 saturated heterocycles. The number of aromatic nitrogens is 2. The molecule has 0 bridgehead atoms. The van der Waals surface area contributed by atoms with Crippen molar-refractivity contribution in [2.75, 3.05) is 5.32 Å². The predicted octanol–water partition coefficient (Wildman–Crippen LogP) is 5.87. The maximum absolute atomic E-state index is 12.6. The summed E-state index contributed by atoms with van der Waals surface area (Å²) in [5.74, 6) is 0.280. The number of rotatable bonds is 4. The van der Waals surface area contributed by atoms with E-state index >= 15 is 0 Å². The van der Waals surface area contributed by atoms with Crippen molar-refractivity contribution in [3.8, 4) is 0 Å². The summed E-state index contributed by atoms with van der Waals surface area (Å²) < 4.78 is 2.43. The first kappa shape index (κ1) is 19.0. The summed E-state index contributed by atoms with van der Waals surface area (Å²) in [7, 11) is 0. The highest BCUT2D eigenvalue weighted by atomic mass is 79.9. The van der Waals surface area contributed by atoms with Crippen molar-refractivity contribution < 1.29 is 4.79 Å². The fourth-order valence-electron chi connectivity index (χ4n) is 2.54. The van der Waals surface area contributed by atoms with Gasteiger partial charge in [0.1, 0.15) is 0 Å². The Balaban J connectivity index is 1.78. The number of carbonyl (C=O) groups is 1. The van der Waals surface area contributed by atoms with Crippen LogP contribution in [0.15, 0.2) is 47.1 Å². The molecule has 0 fully saturated rings. The number of carbonyl (C=O) groups excluding carboxylic acids is 1. The monoisotopic (exact) mass is 451 g/mol. The van der Waals surface area contributed by atoms with E-state index in [2.05, 4.69) is 26.3 Å². The van der Waals surface area contributed by atoms with Gasteiger partial charge in [0.2, 0.25) is 0 Å². The van der Waals surface area contributed by atoms with Gasteiger partial charge < -0.3 is 5.32 Å². The SMILES string of the molecule is Cc1ccc(C)c(C(=O)Nc2nn(Cc3ccc(Cl)c(Cl)c3)cc2Br)c1. The number of hydrogen-bond acceptors (Lipinski definition) is 2. The Labute approximate surface area is 170 Å². The van der Waals surface area contributed by atoms with Crippen LogP contribution in [0, 0.1) is 13.8 Å². The van der Waals surface area contributed by atoms with Crippen molar-refractivity contribution in [2.24, 2.45) is 0 Å². The van der Waals surface area contributed by atoms with Crippen LogP contribution in [0.4, 0.5) is 5.82 Å². The largest absolute Gasteiger partial charge is 0.304 e. The van der Waals surface area contributed by atoms with Gasteiger partial charge in [0.15, 0.2) is 5.82 Å². The fraction of sp³-hybridized carbons (Fsp3) is 0.158. The third-order valence-electron chi connectivity index (χ3n) is 3.92. The van der Waals surface area contributed by atoms with Gasteiger partial charge in [-0.05, 0) is 59.1 Å². The lowest BCUT2D eigenvalue weighted by atomic mass is 10.1. The average molecular weight is 453 g/mol. The molecule has 1 N–H and O–H groups in total. The lowest BCUT2D eigenvalue weighted by molar-refractivity contribution is 0.102. The van der Waals surface area contributed by atoms with E-state index in [1.54, 1.807) is 23.0 Å². The summed E-state index contributed by atoms with van der Waals surface area (Å²) in [5, 5.41) is 8.30. The van der Waals surface area contributed by atoms with Gasteiger partial charge in [-0.15, -0.1) is 0 Å². The van der Waals surface area contributed by atoms with Crippen LogP contribution < -0.4 is 5.32 Å². The molecule has 0 atom stereocenters. The molecule has 0 radical (unpaired) electrons. The number of amides is 1. The Morgan fingerprint density at radius 2 is 1.92 bits per heavy atom. The minimum Gasteiger partial charge on any atom is -0.304 e. The molecule has 3 aromatic rings. The van der Waals surface area contributed by atoms with Gasteiger partial charge in [0.05, 0.1) is 21.1 Å². The van der Waals surface area contributed by atoms with Crippen LogP contribution in [-0.4, -0.2) is 15.7 Å². The molecule has 0 aliphatic heterocycles. The van der Waals surface area contributed by atoms with E-state index in [-0.39, 0.29) is 5.91 Å². The number of nitrogens with zero attached hydrogens (tertiary/aromatic N) is 2. The minimum atomic E-state index is -0.188. The zero-order valence-electron chi connectivity index (χ0n) is 14.2. The second-order valence-electron chi connectivity index (χ2n) is 6.04. The van der Waals surface area contributed by atoms with E-state index in [0.29, 0.717) is 32.4 Å². The Morgan fingerprint density at radius 1 is 1.15 bits per heavy atom. The van der Waals surface area contributed by atoms with Crippen LogP contribution in [0.3, 0.4) is 0 Å². The van der Waals surface area contributed by atoms with E-state index in [1.165, 1.54) is 0 Å².